The van der Waals surface area contributed by atoms with Gasteiger partial charge in [0.05, 0.1) is 4.90 Å². The van der Waals surface area contributed by atoms with Crippen LogP contribution in [-0.4, -0.2) is 20.8 Å². The molecule has 0 saturated heterocycles. The molecule has 15 heavy (non-hydrogen) atoms. The van der Waals surface area contributed by atoms with Gasteiger partial charge in [-0.3, -0.25) is 9.71 Å². The van der Waals surface area contributed by atoms with E-state index in [0.717, 1.165) is 0 Å². The van der Waals surface area contributed by atoms with Gasteiger partial charge >= 0.3 is 0 Å². The average Bonchev–Trinajstić information content (AvgIpc) is 2.18. The number of benzene rings is 1. The summed E-state index contributed by atoms with van der Waals surface area (Å²) in [4.78, 5) is 4.21. The Balaban J connectivity index is 2.91. The summed E-state index contributed by atoms with van der Waals surface area (Å²) in [6, 6.07) is 8.22. The van der Waals surface area contributed by atoms with Gasteiger partial charge in [-0.1, -0.05) is 18.2 Å². The van der Waals surface area contributed by atoms with Crippen LogP contribution in [0.25, 0.3) is 0 Å². The van der Waals surface area contributed by atoms with E-state index in [-0.39, 0.29) is 4.90 Å². The molecule has 82 valence electrons. The molecule has 1 aromatic carbocycles. The van der Waals surface area contributed by atoms with Gasteiger partial charge in [-0.05, 0) is 26.0 Å². The first kappa shape index (κ1) is 11.7. The lowest BCUT2D eigenvalue weighted by molar-refractivity contribution is 0.592. The maximum absolute atomic E-state index is 11.7. The largest absolute Gasteiger partial charge is 0.272 e. The number of rotatable bonds is 3. The predicted molar refractivity (Wildman–Crippen MR) is 60.4 cm³/mol. The van der Waals surface area contributed by atoms with E-state index in [0.29, 0.717) is 12.4 Å². The first-order chi connectivity index (χ1) is 7.06. The molecule has 0 radical (unpaired) electrons. The van der Waals surface area contributed by atoms with Gasteiger partial charge in [0.2, 0.25) is 0 Å². The van der Waals surface area contributed by atoms with E-state index in [9.17, 15) is 8.42 Å². The minimum Gasteiger partial charge on any atom is -0.272 e. The summed E-state index contributed by atoms with van der Waals surface area (Å²) in [5, 5.41) is 0. The van der Waals surface area contributed by atoms with Crippen molar-refractivity contribution >= 4 is 15.9 Å². The fraction of sp³-hybridized carbons (Fsp3) is 0.300. The van der Waals surface area contributed by atoms with E-state index >= 15 is 0 Å². The van der Waals surface area contributed by atoms with Crippen LogP contribution in [-0.2, 0) is 10.0 Å². The van der Waals surface area contributed by atoms with Crippen molar-refractivity contribution in [3.05, 3.63) is 30.3 Å². The Morgan fingerprint density at radius 1 is 1.33 bits per heavy atom. The van der Waals surface area contributed by atoms with Crippen molar-refractivity contribution in [2.75, 3.05) is 6.54 Å². The number of aliphatic imine (C=N–C) groups is 1. The van der Waals surface area contributed by atoms with Gasteiger partial charge in [-0.15, -0.1) is 0 Å². The van der Waals surface area contributed by atoms with Gasteiger partial charge in [-0.25, -0.2) is 8.42 Å². The molecule has 0 spiro atoms. The predicted octanol–water partition coefficient (Wildman–Crippen LogP) is 1.40. The molecule has 0 unspecified atom stereocenters. The Labute approximate surface area is 90.1 Å². The van der Waals surface area contributed by atoms with Crippen molar-refractivity contribution in [3.8, 4) is 0 Å². The third-order valence-electron chi connectivity index (χ3n) is 1.73. The normalized spacial score (nSPS) is 12.5. The molecule has 0 saturated carbocycles. The van der Waals surface area contributed by atoms with Crippen molar-refractivity contribution in [1.29, 1.82) is 0 Å². The van der Waals surface area contributed by atoms with Crippen molar-refractivity contribution in [2.45, 2.75) is 18.7 Å². The number of amidine groups is 1. The maximum atomic E-state index is 11.7. The summed E-state index contributed by atoms with van der Waals surface area (Å²) in [6.45, 7) is 4.04. The Hall–Kier alpha value is -1.36. The smallest absolute Gasteiger partial charge is 0.262 e. The maximum Gasteiger partial charge on any atom is 0.262 e. The first-order valence-electron chi connectivity index (χ1n) is 4.65. The second-order valence-electron chi connectivity index (χ2n) is 2.98. The zero-order valence-corrected chi connectivity index (χ0v) is 9.58. The lowest BCUT2D eigenvalue weighted by atomic mass is 10.4. The number of hydrogen-bond donors (Lipinski definition) is 1. The zero-order chi connectivity index (χ0) is 11.3. The van der Waals surface area contributed by atoms with E-state index in [2.05, 4.69) is 9.71 Å². The lowest BCUT2D eigenvalue weighted by Gasteiger charge is -2.06. The molecule has 1 N–H and O–H groups in total. The molecular weight excluding hydrogens is 212 g/mol. The summed E-state index contributed by atoms with van der Waals surface area (Å²) in [6.07, 6.45) is 0. The van der Waals surface area contributed by atoms with Crippen LogP contribution in [0.4, 0.5) is 0 Å². The van der Waals surface area contributed by atoms with Crippen LogP contribution in [0.3, 0.4) is 0 Å². The van der Waals surface area contributed by atoms with Gasteiger partial charge in [-0.2, -0.15) is 0 Å². The van der Waals surface area contributed by atoms with Crippen LogP contribution in [0, 0.1) is 0 Å². The fourth-order valence-corrected chi connectivity index (χ4v) is 2.21. The summed E-state index contributed by atoms with van der Waals surface area (Å²) >= 11 is 0. The molecule has 1 aromatic rings. The van der Waals surface area contributed by atoms with Crippen LogP contribution < -0.4 is 4.72 Å². The van der Waals surface area contributed by atoms with Gasteiger partial charge < -0.3 is 0 Å². The minimum atomic E-state index is -3.46. The number of hydrogen-bond acceptors (Lipinski definition) is 3. The molecule has 0 atom stereocenters. The van der Waals surface area contributed by atoms with Crippen molar-refractivity contribution in [2.24, 2.45) is 4.99 Å². The van der Waals surface area contributed by atoms with Gasteiger partial charge in [0.25, 0.3) is 10.0 Å². The van der Waals surface area contributed by atoms with E-state index in [1.807, 2.05) is 6.92 Å². The highest BCUT2D eigenvalue weighted by molar-refractivity contribution is 7.90. The van der Waals surface area contributed by atoms with Crippen LogP contribution >= 0.6 is 0 Å². The topological polar surface area (TPSA) is 58.5 Å². The van der Waals surface area contributed by atoms with Crippen molar-refractivity contribution in [3.63, 3.8) is 0 Å². The number of nitrogens with zero attached hydrogens (tertiary/aromatic N) is 1. The molecule has 0 aliphatic carbocycles. The molecule has 5 heteroatoms. The molecule has 4 nitrogen and oxygen atoms in total. The highest BCUT2D eigenvalue weighted by Gasteiger charge is 2.12. The zero-order valence-electron chi connectivity index (χ0n) is 8.77. The molecule has 0 aromatic heterocycles. The highest BCUT2D eigenvalue weighted by atomic mass is 32.2. The summed E-state index contributed by atoms with van der Waals surface area (Å²) < 4.78 is 25.8. The fourth-order valence-electron chi connectivity index (χ4n) is 1.12. The molecule has 0 bridgehead atoms. The highest BCUT2D eigenvalue weighted by Crippen LogP contribution is 2.06. The quantitative estimate of drug-likeness (QED) is 0.625. The standard InChI is InChI=1S/C10H14N2O2S/c1-3-11-9(2)12-15(13,14)10-7-5-4-6-8-10/h4-8H,3H2,1-2H3,(H,11,12). The van der Waals surface area contributed by atoms with E-state index < -0.39 is 10.0 Å². The molecule has 0 aliphatic rings. The van der Waals surface area contributed by atoms with Gasteiger partial charge in [0.1, 0.15) is 5.84 Å². The third-order valence-corrected chi connectivity index (χ3v) is 3.19. The van der Waals surface area contributed by atoms with Crippen molar-refractivity contribution in [1.82, 2.24) is 4.72 Å². The van der Waals surface area contributed by atoms with Crippen LogP contribution in [0.1, 0.15) is 13.8 Å². The second kappa shape index (κ2) is 4.93. The molecule has 1 rings (SSSR count). The van der Waals surface area contributed by atoms with E-state index in [4.69, 9.17) is 0 Å². The van der Waals surface area contributed by atoms with Crippen LogP contribution in [0.2, 0.25) is 0 Å². The first-order valence-corrected chi connectivity index (χ1v) is 6.13. The Kier molecular flexibility index (Phi) is 3.85. The molecule has 0 heterocycles. The summed E-state index contributed by atoms with van der Waals surface area (Å²) in [7, 11) is -3.46. The molecule has 0 aliphatic heterocycles. The lowest BCUT2D eigenvalue weighted by Crippen LogP contribution is -2.28. The van der Waals surface area contributed by atoms with Crippen LogP contribution in [0.5, 0.6) is 0 Å². The summed E-state index contributed by atoms with van der Waals surface area (Å²) in [5.74, 6) is 0.404. The van der Waals surface area contributed by atoms with E-state index in [1.54, 1.807) is 37.3 Å². The number of sulfonamides is 1. The Morgan fingerprint density at radius 3 is 2.47 bits per heavy atom. The van der Waals surface area contributed by atoms with Gasteiger partial charge in [0.15, 0.2) is 0 Å². The number of nitrogens with one attached hydrogen (secondary N) is 1. The molecular formula is C10H14N2O2S. The summed E-state index contributed by atoms with van der Waals surface area (Å²) in [5.41, 5.74) is 0. The Bertz CT molecular complexity index is 438. The monoisotopic (exact) mass is 226 g/mol. The molecule has 0 fully saturated rings. The van der Waals surface area contributed by atoms with E-state index in [1.165, 1.54) is 0 Å². The SMILES string of the molecule is CCN=C(C)NS(=O)(=O)c1ccccc1. The molecule has 0 amide bonds. The van der Waals surface area contributed by atoms with Crippen molar-refractivity contribution < 1.29 is 8.42 Å². The van der Waals surface area contributed by atoms with Gasteiger partial charge in [0, 0.05) is 6.54 Å². The second-order valence-corrected chi connectivity index (χ2v) is 4.66. The van der Waals surface area contributed by atoms with Crippen LogP contribution in [0.15, 0.2) is 40.2 Å². The minimum absolute atomic E-state index is 0.246. The average molecular weight is 226 g/mol. The third kappa shape index (κ3) is 3.36. The Morgan fingerprint density at radius 2 is 1.93 bits per heavy atom.